The zero-order chi connectivity index (χ0) is 15.1. The quantitative estimate of drug-likeness (QED) is 0.850. The average Bonchev–Trinajstić information content (AvgIpc) is 2.54. The molecule has 0 aliphatic carbocycles. The van der Waals surface area contributed by atoms with Gasteiger partial charge in [-0.2, -0.15) is 0 Å². The molecule has 0 amide bonds. The molecule has 2 aromatic rings. The van der Waals surface area contributed by atoms with Gasteiger partial charge >= 0.3 is 0 Å². The monoisotopic (exact) mass is 287 g/mol. The van der Waals surface area contributed by atoms with Crippen LogP contribution in [0.4, 0.5) is 0 Å². The van der Waals surface area contributed by atoms with E-state index in [4.69, 9.17) is 19.9 Å². The fourth-order valence-electron chi connectivity index (χ4n) is 2.00. The fraction of sp³-hybridized carbons (Fsp3) is 0.294. The summed E-state index contributed by atoms with van der Waals surface area (Å²) in [4.78, 5) is 0. The molecule has 0 spiro atoms. The summed E-state index contributed by atoms with van der Waals surface area (Å²) in [6.45, 7) is 1.14. The molecule has 0 radical (unpaired) electrons. The van der Waals surface area contributed by atoms with Gasteiger partial charge in [-0.05, 0) is 30.2 Å². The Morgan fingerprint density at radius 2 is 1.67 bits per heavy atom. The molecule has 4 heteroatoms. The number of benzene rings is 2. The number of hydrogen-bond donors (Lipinski definition) is 1. The highest BCUT2D eigenvalue weighted by Crippen LogP contribution is 2.29. The Labute approximate surface area is 125 Å². The summed E-state index contributed by atoms with van der Waals surface area (Å²) < 4.78 is 16.2. The van der Waals surface area contributed by atoms with Crippen molar-refractivity contribution < 1.29 is 14.2 Å². The van der Waals surface area contributed by atoms with Crippen LogP contribution < -0.4 is 15.2 Å². The van der Waals surface area contributed by atoms with Crippen LogP contribution in [-0.2, 0) is 17.7 Å². The van der Waals surface area contributed by atoms with Gasteiger partial charge in [0.05, 0.1) is 13.7 Å². The fourth-order valence-corrected chi connectivity index (χ4v) is 2.00. The second-order valence-corrected chi connectivity index (χ2v) is 4.67. The van der Waals surface area contributed by atoms with Crippen molar-refractivity contribution in [2.75, 3.05) is 20.8 Å². The predicted molar refractivity (Wildman–Crippen MR) is 83.0 cm³/mol. The number of hydrogen-bond acceptors (Lipinski definition) is 4. The lowest BCUT2D eigenvalue weighted by atomic mass is 10.1. The summed E-state index contributed by atoms with van der Waals surface area (Å²) in [5.41, 5.74) is 7.90. The van der Waals surface area contributed by atoms with Gasteiger partial charge in [-0.3, -0.25) is 0 Å². The predicted octanol–water partition coefficient (Wildman–Crippen LogP) is 3.14. The average molecular weight is 287 g/mol. The maximum absolute atomic E-state index is 5.91. The Bertz CT molecular complexity index is 567. The first-order valence-corrected chi connectivity index (χ1v) is 6.89. The van der Waals surface area contributed by atoms with E-state index in [2.05, 4.69) is 0 Å². The normalized spacial score (nSPS) is 10.4. The Morgan fingerprint density at radius 3 is 2.29 bits per heavy atom. The summed E-state index contributed by atoms with van der Waals surface area (Å²) in [6, 6.07) is 13.6. The van der Waals surface area contributed by atoms with Gasteiger partial charge in [0.15, 0.2) is 0 Å². The minimum Gasteiger partial charge on any atom is -0.497 e. The molecular formula is C17H21NO3. The van der Waals surface area contributed by atoms with Crippen molar-refractivity contribution in [3.63, 3.8) is 0 Å². The second kappa shape index (κ2) is 7.67. The van der Waals surface area contributed by atoms with Gasteiger partial charge in [-0.15, -0.1) is 0 Å². The summed E-state index contributed by atoms with van der Waals surface area (Å²) in [7, 11) is 3.33. The van der Waals surface area contributed by atoms with Gasteiger partial charge in [-0.1, -0.05) is 18.2 Å². The number of methoxy groups -OCH3 is 2. The number of rotatable bonds is 7. The van der Waals surface area contributed by atoms with Crippen LogP contribution in [0.15, 0.2) is 42.5 Å². The van der Waals surface area contributed by atoms with E-state index in [-0.39, 0.29) is 0 Å². The third kappa shape index (κ3) is 4.21. The van der Waals surface area contributed by atoms with E-state index in [0.29, 0.717) is 13.2 Å². The Balaban J connectivity index is 2.13. The molecular weight excluding hydrogens is 266 g/mol. The summed E-state index contributed by atoms with van der Waals surface area (Å²) >= 11 is 0. The van der Waals surface area contributed by atoms with Crippen molar-refractivity contribution in [1.82, 2.24) is 0 Å². The van der Waals surface area contributed by atoms with Crippen molar-refractivity contribution in [2.24, 2.45) is 5.73 Å². The molecule has 0 unspecified atom stereocenters. The molecule has 4 nitrogen and oxygen atoms in total. The summed E-state index contributed by atoms with van der Waals surface area (Å²) in [5.74, 6) is 2.25. The number of nitrogens with two attached hydrogens (primary N) is 1. The van der Waals surface area contributed by atoms with Crippen LogP contribution in [0.25, 0.3) is 0 Å². The van der Waals surface area contributed by atoms with Gasteiger partial charge in [0.25, 0.3) is 0 Å². The molecule has 0 saturated heterocycles. The first-order valence-electron chi connectivity index (χ1n) is 6.89. The molecule has 2 N–H and O–H groups in total. The van der Waals surface area contributed by atoms with Gasteiger partial charge < -0.3 is 19.9 Å². The maximum atomic E-state index is 5.91. The first kappa shape index (κ1) is 15.4. The van der Waals surface area contributed by atoms with Crippen molar-refractivity contribution in [3.05, 3.63) is 53.6 Å². The zero-order valence-corrected chi connectivity index (χ0v) is 12.5. The Morgan fingerprint density at radius 1 is 0.952 bits per heavy atom. The van der Waals surface area contributed by atoms with Crippen molar-refractivity contribution in [3.8, 4) is 17.2 Å². The molecule has 0 heterocycles. The lowest BCUT2D eigenvalue weighted by molar-refractivity contribution is 0.202. The second-order valence-electron chi connectivity index (χ2n) is 4.67. The molecule has 0 aromatic heterocycles. The summed E-state index contributed by atoms with van der Waals surface area (Å²) in [6.07, 6.45) is 0.893. The van der Waals surface area contributed by atoms with E-state index < -0.39 is 0 Å². The lowest BCUT2D eigenvalue weighted by Crippen LogP contribution is -2.00. The molecule has 112 valence electrons. The molecule has 0 bridgehead atoms. The third-order valence-corrected chi connectivity index (χ3v) is 3.24. The minimum atomic E-state index is 0.422. The molecule has 0 aliphatic heterocycles. The standard InChI is InChI=1S/C17H21NO3/c1-19-10-9-13-3-6-15(7-4-13)21-17-11-16(20-2)8-5-14(17)12-18/h3-8,11H,9-10,12,18H2,1-2H3. The molecule has 0 fully saturated rings. The molecule has 0 atom stereocenters. The lowest BCUT2D eigenvalue weighted by Gasteiger charge is -2.12. The van der Waals surface area contributed by atoms with Gasteiger partial charge in [0.2, 0.25) is 0 Å². The van der Waals surface area contributed by atoms with Crippen LogP contribution in [0.3, 0.4) is 0 Å². The van der Waals surface area contributed by atoms with Crippen molar-refractivity contribution in [2.45, 2.75) is 13.0 Å². The van der Waals surface area contributed by atoms with Crippen molar-refractivity contribution in [1.29, 1.82) is 0 Å². The Kier molecular flexibility index (Phi) is 5.60. The van der Waals surface area contributed by atoms with Crippen LogP contribution in [0.5, 0.6) is 17.2 Å². The number of ether oxygens (including phenoxy) is 3. The Hall–Kier alpha value is -2.04. The van der Waals surface area contributed by atoms with E-state index in [1.807, 2.05) is 42.5 Å². The van der Waals surface area contributed by atoms with Gasteiger partial charge in [0, 0.05) is 25.3 Å². The van der Waals surface area contributed by atoms with E-state index in [1.165, 1.54) is 5.56 Å². The minimum absolute atomic E-state index is 0.422. The van der Waals surface area contributed by atoms with Crippen molar-refractivity contribution >= 4 is 0 Å². The third-order valence-electron chi connectivity index (χ3n) is 3.24. The van der Waals surface area contributed by atoms with Crippen LogP contribution in [0, 0.1) is 0 Å². The zero-order valence-electron chi connectivity index (χ0n) is 12.5. The topological polar surface area (TPSA) is 53.7 Å². The highest BCUT2D eigenvalue weighted by atomic mass is 16.5. The van der Waals surface area contributed by atoms with Crippen LogP contribution in [0.1, 0.15) is 11.1 Å². The van der Waals surface area contributed by atoms with Crippen LogP contribution in [0.2, 0.25) is 0 Å². The molecule has 21 heavy (non-hydrogen) atoms. The summed E-state index contributed by atoms with van der Waals surface area (Å²) in [5, 5.41) is 0. The van der Waals surface area contributed by atoms with E-state index in [1.54, 1.807) is 14.2 Å². The molecule has 2 rings (SSSR count). The largest absolute Gasteiger partial charge is 0.497 e. The SMILES string of the molecule is COCCc1ccc(Oc2cc(OC)ccc2CN)cc1. The van der Waals surface area contributed by atoms with Gasteiger partial charge in [0.1, 0.15) is 17.2 Å². The van der Waals surface area contributed by atoms with Crippen LogP contribution in [-0.4, -0.2) is 20.8 Å². The van der Waals surface area contributed by atoms with E-state index in [0.717, 1.165) is 29.2 Å². The molecule has 0 saturated carbocycles. The molecule has 0 aliphatic rings. The maximum Gasteiger partial charge on any atom is 0.135 e. The van der Waals surface area contributed by atoms with E-state index in [9.17, 15) is 0 Å². The van der Waals surface area contributed by atoms with E-state index >= 15 is 0 Å². The van der Waals surface area contributed by atoms with Gasteiger partial charge in [-0.25, -0.2) is 0 Å². The smallest absolute Gasteiger partial charge is 0.135 e. The first-order chi connectivity index (χ1) is 10.3. The highest BCUT2D eigenvalue weighted by molar-refractivity contribution is 5.43. The highest BCUT2D eigenvalue weighted by Gasteiger charge is 2.06. The van der Waals surface area contributed by atoms with Crippen LogP contribution >= 0.6 is 0 Å². The molecule has 2 aromatic carbocycles.